The van der Waals surface area contributed by atoms with Crippen LogP contribution in [0, 0.1) is 0 Å². The maximum Gasteiger partial charge on any atom is -0.000204 e. The van der Waals surface area contributed by atoms with Crippen LogP contribution < -0.4 is 0 Å². The van der Waals surface area contributed by atoms with Crippen molar-refractivity contribution < 1.29 is 0 Å². The molecular formula is C24H12. The topological polar surface area (TPSA) is 0 Å². The summed E-state index contributed by atoms with van der Waals surface area (Å²) < 4.78 is 0. The van der Waals surface area contributed by atoms with E-state index in [1.165, 1.54) is 65.0 Å². The molecule has 0 heterocycles. The molecule has 0 aliphatic heterocycles. The van der Waals surface area contributed by atoms with Gasteiger partial charge >= 0.3 is 0 Å². The molecule has 1 aliphatic carbocycles. The van der Waals surface area contributed by atoms with Crippen molar-refractivity contribution in [1.82, 2.24) is 0 Å². The first-order valence-corrected chi connectivity index (χ1v) is 8.46. The predicted molar refractivity (Wildman–Crippen MR) is 105 cm³/mol. The van der Waals surface area contributed by atoms with E-state index in [1.54, 1.807) is 0 Å². The minimum Gasteiger partial charge on any atom is -0.0610 e. The van der Waals surface area contributed by atoms with Crippen LogP contribution in [0.1, 0.15) is 11.1 Å². The summed E-state index contributed by atoms with van der Waals surface area (Å²) >= 11 is 0. The Labute approximate surface area is 138 Å². The van der Waals surface area contributed by atoms with Crippen LogP contribution in [0.25, 0.3) is 66.0 Å². The smallest absolute Gasteiger partial charge is 0.000204 e. The van der Waals surface area contributed by atoms with Gasteiger partial charge in [-0.3, -0.25) is 0 Å². The van der Waals surface area contributed by atoms with Gasteiger partial charge in [-0.15, -0.1) is 0 Å². The highest BCUT2D eigenvalue weighted by molar-refractivity contribution is 6.40. The van der Waals surface area contributed by atoms with Gasteiger partial charge in [0.15, 0.2) is 0 Å². The maximum absolute atomic E-state index is 2.36. The van der Waals surface area contributed by atoms with Gasteiger partial charge in [0.05, 0.1) is 0 Å². The maximum atomic E-state index is 2.36. The van der Waals surface area contributed by atoms with Crippen LogP contribution in [0.4, 0.5) is 0 Å². The molecule has 0 radical (unpaired) electrons. The Morgan fingerprint density at radius 1 is 0.458 bits per heavy atom. The number of benzene rings is 6. The SMILES string of the molecule is C1=Cc2c3cccc4ccc5cc6cccc7cc1c2c(c76)c5c43. The lowest BCUT2D eigenvalue weighted by Crippen LogP contribution is -1.92. The molecule has 0 heteroatoms. The molecule has 0 atom stereocenters. The van der Waals surface area contributed by atoms with Gasteiger partial charge in [0, 0.05) is 0 Å². The lowest BCUT2D eigenvalue weighted by molar-refractivity contribution is 1.78. The number of hydrogen-bond acceptors (Lipinski definition) is 0. The predicted octanol–water partition coefficient (Wildman–Crippen LogP) is 6.81. The summed E-state index contributed by atoms with van der Waals surface area (Å²) in [5, 5.41) is 14.0. The molecule has 0 nitrogen and oxygen atoms in total. The lowest BCUT2D eigenvalue weighted by Gasteiger charge is -2.18. The van der Waals surface area contributed by atoms with Gasteiger partial charge in [-0.2, -0.15) is 0 Å². The van der Waals surface area contributed by atoms with Gasteiger partial charge in [-0.25, -0.2) is 0 Å². The summed E-state index contributed by atoms with van der Waals surface area (Å²) in [5.41, 5.74) is 2.76. The van der Waals surface area contributed by atoms with Gasteiger partial charge in [0.25, 0.3) is 0 Å². The second kappa shape index (κ2) is 3.52. The first kappa shape index (κ1) is 11.4. The molecule has 6 aromatic carbocycles. The van der Waals surface area contributed by atoms with Crippen molar-refractivity contribution in [2.75, 3.05) is 0 Å². The van der Waals surface area contributed by atoms with Crippen molar-refractivity contribution >= 4 is 66.0 Å². The number of hydrogen-bond donors (Lipinski definition) is 0. The Bertz CT molecular complexity index is 1480. The van der Waals surface area contributed by atoms with Gasteiger partial charge in [0.2, 0.25) is 0 Å². The van der Waals surface area contributed by atoms with Gasteiger partial charge < -0.3 is 0 Å². The highest BCUT2D eigenvalue weighted by Crippen LogP contribution is 2.48. The number of fused-ring (bicyclic) bond motifs is 1. The monoisotopic (exact) mass is 300 g/mol. The highest BCUT2D eigenvalue weighted by atomic mass is 14.2. The zero-order chi connectivity index (χ0) is 15.4. The molecule has 6 aromatic rings. The average molecular weight is 300 g/mol. The van der Waals surface area contributed by atoms with Crippen LogP contribution in [0.2, 0.25) is 0 Å². The van der Waals surface area contributed by atoms with Gasteiger partial charge in [-0.05, 0) is 77.1 Å². The van der Waals surface area contributed by atoms with E-state index in [1.807, 2.05) is 0 Å². The van der Waals surface area contributed by atoms with E-state index < -0.39 is 0 Å². The molecule has 108 valence electrons. The van der Waals surface area contributed by atoms with E-state index in [2.05, 4.69) is 72.8 Å². The molecule has 0 fully saturated rings. The third kappa shape index (κ3) is 1.08. The van der Waals surface area contributed by atoms with Crippen LogP contribution in [-0.2, 0) is 0 Å². The van der Waals surface area contributed by atoms with Crippen LogP contribution in [0.3, 0.4) is 0 Å². The molecule has 1 aliphatic rings. The van der Waals surface area contributed by atoms with E-state index in [0.717, 1.165) is 0 Å². The standard InChI is InChI=1S/C24H12/c1-4-14-11-16-9-10-19-18-6-2-3-13-7-8-17-12-15(5-1)20(14)24(22(16)19)23(17)21(13)18/h1-12H. The first-order chi connectivity index (χ1) is 11.9. The summed E-state index contributed by atoms with van der Waals surface area (Å²) in [6, 6.07) is 22.7. The van der Waals surface area contributed by atoms with Crippen LogP contribution in [0.15, 0.2) is 60.7 Å². The van der Waals surface area contributed by atoms with E-state index in [4.69, 9.17) is 0 Å². The largest absolute Gasteiger partial charge is 0.0610 e. The highest BCUT2D eigenvalue weighted by Gasteiger charge is 2.21. The summed E-state index contributed by atoms with van der Waals surface area (Å²) in [4.78, 5) is 0. The summed E-state index contributed by atoms with van der Waals surface area (Å²) in [5.74, 6) is 0. The summed E-state index contributed by atoms with van der Waals surface area (Å²) in [6.45, 7) is 0. The minimum absolute atomic E-state index is 1.34. The molecule has 0 bridgehead atoms. The summed E-state index contributed by atoms with van der Waals surface area (Å²) in [6.07, 6.45) is 4.60. The van der Waals surface area contributed by atoms with E-state index in [-0.39, 0.29) is 0 Å². The molecule has 7 rings (SSSR count). The fraction of sp³-hybridized carbons (Fsp3) is 0. The van der Waals surface area contributed by atoms with Crippen LogP contribution in [0.5, 0.6) is 0 Å². The molecular weight excluding hydrogens is 288 g/mol. The molecule has 0 unspecified atom stereocenters. The molecule has 24 heavy (non-hydrogen) atoms. The summed E-state index contributed by atoms with van der Waals surface area (Å²) in [7, 11) is 0. The zero-order valence-corrected chi connectivity index (χ0v) is 12.9. The fourth-order valence-electron chi connectivity index (χ4n) is 4.96. The van der Waals surface area contributed by atoms with Crippen molar-refractivity contribution in [2.24, 2.45) is 0 Å². The second-order valence-corrected chi connectivity index (χ2v) is 6.99. The zero-order valence-electron chi connectivity index (χ0n) is 12.9. The molecule has 0 N–H and O–H groups in total. The van der Waals surface area contributed by atoms with Crippen molar-refractivity contribution in [3.05, 3.63) is 71.8 Å². The quantitative estimate of drug-likeness (QED) is 0.213. The second-order valence-electron chi connectivity index (χ2n) is 6.99. The van der Waals surface area contributed by atoms with Crippen molar-refractivity contribution in [3.63, 3.8) is 0 Å². The molecule has 0 aromatic heterocycles. The first-order valence-electron chi connectivity index (χ1n) is 8.46. The Balaban J connectivity index is 2.05. The Morgan fingerprint density at radius 3 is 2.17 bits per heavy atom. The third-order valence-corrected chi connectivity index (χ3v) is 5.86. The van der Waals surface area contributed by atoms with Crippen molar-refractivity contribution in [1.29, 1.82) is 0 Å². The lowest BCUT2D eigenvalue weighted by atomic mass is 9.84. The Hall–Kier alpha value is -3.12. The minimum atomic E-state index is 1.34. The number of rotatable bonds is 0. The van der Waals surface area contributed by atoms with Gasteiger partial charge in [0.1, 0.15) is 0 Å². The third-order valence-electron chi connectivity index (χ3n) is 5.86. The average Bonchev–Trinajstić information content (AvgIpc) is 3.05. The van der Waals surface area contributed by atoms with Crippen LogP contribution in [-0.4, -0.2) is 0 Å². The van der Waals surface area contributed by atoms with E-state index in [0.29, 0.717) is 0 Å². The Kier molecular flexibility index (Phi) is 1.67. The van der Waals surface area contributed by atoms with Crippen molar-refractivity contribution in [3.8, 4) is 0 Å². The molecule has 0 amide bonds. The fourth-order valence-corrected chi connectivity index (χ4v) is 4.96. The Morgan fingerprint density at radius 2 is 1.21 bits per heavy atom. The van der Waals surface area contributed by atoms with E-state index >= 15 is 0 Å². The van der Waals surface area contributed by atoms with Gasteiger partial charge in [-0.1, -0.05) is 60.7 Å². The van der Waals surface area contributed by atoms with Crippen LogP contribution >= 0.6 is 0 Å². The molecule has 0 spiro atoms. The normalized spacial score (nSPS) is 13.7. The molecule has 0 saturated carbocycles. The molecule has 0 saturated heterocycles. The van der Waals surface area contributed by atoms with E-state index in [9.17, 15) is 0 Å². The van der Waals surface area contributed by atoms with Crippen molar-refractivity contribution in [2.45, 2.75) is 0 Å².